The quantitative estimate of drug-likeness (QED) is 0.553. The maximum Gasteiger partial charge on any atom is 0.247 e. The van der Waals surface area contributed by atoms with Gasteiger partial charge in [-0.1, -0.05) is 12.5 Å². The molecule has 1 aliphatic carbocycles. The highest BCUT2D eigenvalue weighted by Crippen LogP contribution is 2.35. The van der Waals surface area contributed by atoms with Crippen LogP contribution in [0.1, 0.15) is 56.4 Å². The average Bonchev–Trinajstić information content (AvgIpc) is 3.48. The van der Waals surface area contributed by atoms with Gasteiger partial charge < -0.3 is 14.1 Å². The number of hydrogen-bond acceptors (Lipinski definition) is 5. The van der Waals surface area contributed by atoms with Crippen molar-refractivity contribution in [3.05, 3.63) is 54.0 Å². The highest BCUT2D eigenvalue weighted by atomic mass is 32.2. The second-order valence-corrected chi connectivity index (χ2v) is 10.3. The molecule has 1 unspecified atom stereocenters. The molecule has 1 aliphatic heterocycles. The van der Waals surface area contributed by atoms with Gasteiger partial charge in [-0.2, -0.15) is 4.31 Å². The molecule has 0 spiro atoms. The van der Waals surface area contributed by atoms with Gasteiger partial charge in [-0.05, 0) is 68.5 Å². The standard InChI is InChI=1S/C24H30N2O5S/c1-18(21-7-6-16-31-21)26(20-10-11-20)24(27)13-9-19-8-12-22(30-2)23(17-19)32(28,29)25-14-4-3-5-15-25/h6-9,12-13,16-18,20H,3-5,10-11,14-15H2,1-2H3. The fourth-order valence-corrected chi connectivity index (χ4v) is 5.91. The summed E-state index contributed by atoms with van der Waals surface area (Å²) in [6.07, 6.45) is 9.51. The van der Waals surface area contributed by atoms with Gasteiger partial charge in [0.05, 0.1) is 19.4 Å². The van der Waals surface area contributed by atoms with Gasteiger partial charge in [-0.25, -0.2) is 8.42 Å². The van der Waals surface area contributed by atoms with E-state index in [1.165, 1.54) is 17.5 Å². The molecule has 32 heavy (non-hydrogen) atoms. The maximum absolute atomic E-state index is 13.2. The van der Waals surface area contributed by atoms with Gasteiger partial charge in [0.25, 0.3) is 0 Å². The van der Waals surface area contributed by atoms with Gasteiger partial charge in [0.1, 0.15) is 16.4 Å². The molecule has 2 heterocycles. The van der Waals surface area contributed by atoms with Crippen LogP contribution in [0.15, 0.2) is 52.0 Å². The van der Waals surface area contributed by atoms with Crippen molar-refractivity contribution in [3.8, 4) is 5.75 Å². The lowest BCUT2D eigenvalue weighted by Gasteiger charge is -2.27. The highest BCUT2D eigenvalue weighted by molar-refractivity contribution is 7.89. The van der Waals surface area contributed by atoms with Crippen LogP contribution in [0, 0.1) is 0 Å². The molecule has 0 radical (unpaired) electrons. The number of benzene rings is 1. The van der Waals surface area contributed by atoms with Gasteiger partial charge in [-0.3, -0.25) is 4.79 Å². The molecule has 4 rings (SSSR count). The molecule has 7 nitrogen and oxygen atoms in total. The van der Waals surface area contributed by atoms with Crippen molar-refractivity contribution in [3.63, 3.8) is 0 Å². The van der Waals surface area contributed by atoms with Gasteiger partial charge in [0.15, 0.2) is 0 Å². The van der Waals surface area contributed by atoms with E-state index in [2.05, 4.69) is 0 Å². The lowest BCUT2D eigenvalue weighted by Crippen LogP contribution is -2.35. The Labute approximate surface area is 189 Å². The summed E-state index contributed by atoms with van der Waals surface area (Å²) in [6.45, 7) is 3.00. The van der Waals surface area contributed by atoms with Crippen LogP contribution in [-0.4, -0.2) is 49.8 Å². The van der Waals surface area contributed by atoms with E-state index < -0.39 is 10.0 Å². The first-order chi connectivity index (χ1) is 15.4. The summed E-state index contributed by atoms with van der Waals surface area (Å²) < 4.78 is 38.8. The lowest BCUT2D eigenvalue weighted by molar-refractivity contribution is -0.129. The number of ether oxygens (including phenoxy) is 1. The van der Waals surface area contributed by atoms with Crippen LogP contribution in [0.2, 0.25) is 0 Å². The van der Waals surface area contributed by atoms with E-state index in [1.54, 1.807) is 30.5 Å². The van der Waals surface area contributed by atoms with Crippen molar-refractivity contribution in [2.24, 2.45) is 0 Å². The molecule has 2 aromatic rings. The Morgan fingerprint density at radius 2 is 1.97 bits per heavy atom. The van der Waals surface area contributed by atoms with Crippen LogP contribution in [0.3, 0.4) is 0 Å². The van der Waals surface area contributed by atoms with Crippen LogP contribution < -0.4 is 4.74 Å². The molecule has 1 aromatic carbocycles. The fourth-order valence-electron chi connectivity index (χ4n) is 4.20. The van der Waals surface area contributed by atoms with E-state index in [-0.39, 0.29) is 22.9 Å². The third-order valence-electron chi connectivity index (χ3n) is 6.11. The normalized spacial score (nSPS) is 18.6. The molecule has 172 valence electrons. The molecule has 0 bridgehead atoms. The van der Waals surface area contributed by atoms with Crippen molar-refractivity contribution in [2.45, 2.75) is 56.0 Å². The highest BCUT2D eigenvalue weighted by Gasteiger charge is 2.36. The minimum absolute atomic E-state index is 0.118. The van der Waals surface area contributed by atoms with E-state index in [0.717, 1.165) is 37.9 Å². The third-order valence-corrected chi connectivity index (χ3v) is 8.03. The number of piperidine rings is 1. The zero-order valence-corrected chi connectivity index (χ0v) is 19.4. The van der Waals surface area contributed by atoms with E-state index in [9.17, 15) is 13.2 Å². The Balaban J connectivity index is 1.57. The number of amides is 1. The summed E-state index contributed by atoms with van der Waals surface area (Å²) in [7, 11) is -2.20. The van der Waals surface area contributed by atoms with Gasteiger partial charge in [0.2, 0.25) is 15.9 Å². The van der Waals surface area contributed by atoms with Crippen molar-refractivity contribution in [2.75, 3.05) is 20.2 Å². The van der Waals surface area contributed by atoms with E-state index in [0.29, 0.717) is 24.4 Å². The molecule has 0 N–H and O–H groups in total. The summed E-state index contributed by atoms with van der Waals surface area (Å²) in [5.41, 5.74) is 0.635. The first-order valence-corrected chi connectivity index (χ1v) is 12.6. The van der Waals surface area contributed by atoms with E-state index in [1.807, 2.05) is 24.0 Å². The molecule has 1 aromatic heterocycles. The summed E-state index contributed by atoms with van der Waals surface area (Å²) in [5.74, 6) is 0.941. The molecule has 8 heteroatoms. The first kappa shape index (κ1) is 22.6. The Morgan fingerprint density at radius 1 is 1.22 bits per heavy atom. The monoisotopic (exact) mass is 458 g/mol. The minimum atomic E-state index is -3.66. The SMILES string of the molecule is COc1ccc(C=CC(=O)N(C2CC2)C(C)c2ccco2)cc1S(=O)(=O)N1CCCCC1. The first-order valence-electron chi connectivity index (χ1n) is 11.1. The van der Waals surface area contributed by atoms with Crippen LogP contribution >= 0.6 is 0 Å². The van der Waals surface area contributed by atoms with Gasteiger partial charge in [-0.15, -0.1) is 0 Å². The maximum atomic E-state index is 13.2. The van der Waals surface area contributed by atoms with Crippen LogP contribution in [0.4, 0.5) is 0 Å². The van der Waals surface area contributed by atoms with E-state index in [4.69, 9.17) is 9.15 Å². The molecule has 1 amide bonds. The number of sulfonamides is 1. The molecular weight excluding hydrogens is 428 g/mol. The molecule has 2 aliphatic rings. The van der Waals surface area contributed by atoms with Crippen molar-refractivity contribution in [1.82, 2.24) is 9.21 Å². The number of nitrogens with zero attached hydrogens (tertiary/aromatic N) is 2. The molecule has 1 saturated heterocycles. The molecule has 2 fully saturated rings. The fraction of sp³-hybridized carbons (Fsp3) is 0.458. The zero-order valence-electron chi connectivity index (χ0n) is 18.6. The minimum Gasteiger partial charge on any atom is -0.495 e. The largest absolute Gasteiger partial charge is 0.495 e. The topological polar surface area (TPSA) is 80.1 Å². The van der Waals surface area contributed by atoms with Crippen molar-refractivity contribution >= 4 is 22.0 Å². The van der Waals surface area contributed by atoms with Crippen LogP contribution in [0.5, 0.6) is 5.75 Å². The van der Waals surface area contributed by atoms with Crippen molar-refractivity contribution in [1.29, 1.82) is 0 Å². The summed E-state index contributed by atoms with van der Waals surface area (Å²) in [4.78, 5) is 15.0. The smallest absolute Gasteiger partial charge is 0.247 e. The van der Waals surface area contributed by atoms with Crippen LogP contribution in [-0.2, 0) is 14.8 Å². The molecular formula is C24H30N2O5S. The predicted octanol–water partition coefficient (Wildman–Crippen LogP) is 4.23. The second-order valence-electron chi connectivity index (χ2n) is 8.38. The lowest BCUT2D eigenvalue weighted by atomic mass is 10.1. The number of furan rings is 1. The summed E-state index contributed by atoms with van der Waals surface area (Å²) in [5, 5.41) is 0. The molecule has 1 atom stereocenters. The number of carbonyl (C=O) groups excluding carboxylic acids is 1. The third kappa shape index (κ3) is 4.76. The Kier molecular flexibility index (Phi) is 6.71. The zero-order chi connectivity index (χ0) is 22.7. The Morgan fingerprint density at radius 3 is 2.59 bits per heavy atom. The van der Waals surface area contributed by atoms with Crippen LogP contribution in [0.25, 0.3) is 6.08 Å². The Bertz CT molecular complexity index is 1070. The molecule has 1 saturated carbocycles. The number of methoxy groups -OCH3 is 1. The van der Waals surface area contributed by atoms with Gasteiger partial charge >= 0.3 is 0 Å². The second kappa shape index (κ2) is 9.50. The van der Waals surface area contributed by atoms with Gasteiger partial charge in [0, 0.05) is 25.2 Å². The van der Waals surface area contributed by atoms with Crippen molar-refractivity contribution < 1.29 is 22.4 Å². The number of rotatable bonds is 8. The Hall–Kier alpha value is -2.58. The average molecular weight is 459 g/mol. The number of carbonyl (C=O) groups is 1. The number of hydrogen-bond donors (Lipinski definition) is 0. The van der Waals surface area contributed by atoms with E-state index >= 15 is 0 Å². The predicted molar refractivity (Wildman–Crippen MR) is 122 cm³/mol. The summed E-state index contributed by atoms with van der Waals surface area (Å²) >= 11 is 0. The summed E-state index contributed by atoms with van der Waals surface area (Å²) in [6, 6.07) is 8.72.